The van der Waals surface area contributed by atoms with Crippen LogP contribution in [0.1, 0.15) is 5.56 Å². The van der Waals surface area contributed by atoms with Crippen LogP contribution in [-0.2, 0) is 6.54 Å². The molecule has 0 saturated heterocycles. The number of hydrogen-bond donors (Lipinski definition) is 1. The number of alkyl halides is 2. The monoisotopic (exact) mass is 405 g/mol. The van der Waals surface area contributed by atoms with Crippen molar-refractivity contribution in [3.05, 3.63) is 51.6 Å². The van der Waals surface area contributed by atoms with Crippen LogP contribution in [-0.4, -0.2) is 13.7 Å². The lowest BCUT2D eigenvalue weighted by Gasteiger charge is -2.15. The second kappa shape index (κ2) is 7.44. The van der Waals surface area contributed by atoms with Crippen molar-refractivity contribution >= 4 is 28.3 Å². The Morgan fingerprint density at radius 3 is 2.57 bits per heavy atom. The summed E-state index contributed by atoms with van der Waals surface area (Å²) in [5, 5.41) is 3.21. The predicted molar refractivity (Wildman–Crippen MR) is 86.1 cm³/mol. The zero-order chi connectivity index (χ0) is 15.2. The number of anilines is 1. The first-order valence-electron chi connectivity index (χ1n) is 6.21. The summed E-state index contributed by atoms with van der Waals surface area (Å²) >= 11 is 2.21. The topological polar surface area (TPSA) is 30.5 Å². The van der Waals surface area contributed by atoms with E-state index in [9.17, 15) is 8.78 Å². The van der Waals surface area contributed by atoms with Crippen molar-refractivity contribution in [2.45, 2.75) is 13.2 Å². The standard InChI is InChI=1S/C15H14F2INO2/c1-20-13-8-4-5-10(14(13)21-15(16)17)9-19-12-7-3-2-6-11(12)18/h2-8,15,19H,9H2,1H3. The summed E-state index contributed by atoms with van der Waals surface area (Å²) < 4.78 is 35.8. The minimum Gasteiger partial charge on any atom is -0.493 e. The van der Waals surface area contributed by atoms with Gasteiger partial charge in [-0.1, -0.05) is 24.3 Å². The lowest BCUT2D eigenvalue weighted by Crippen LogP contribution is -2.09. The number of nitrogens with one attached hydrogen (secondary N) is 1. The molecule has 3 nitrogen and oxygen atoms in total. The van der Waals surface area contributed by atoms with Crippen molar-refractivity contribution in [1.29, 1.82) is 0 Å². The molecule has 2 aromatic carbocycles. The molecule has 0 aliphatic rings. The Bertz CT molecular complexity index is 608. The molecule has 0 aliphatic carbocycles. The first-order valence-corrected chi connectivity index (χ1v) is 7.28. The van der Waals surface area contributed by atoms with Crippen LogP contribution in [0.2, 0.25) is 0 Å². The van der Waals surface area contributed by atoms with Gasteiger partial charge in [0, 0.05) is 21.4 Å². The van der Waals surface area contributed by atoms with Gasteiger partial charge >= 0.3 is 6.61 Å². The van der Waals surface area contributed by atoms with E-state index in [1.807, 2.05) is 24.3 Å². The van der Waals surface area contributed by atoms with E-state index in [0.717, 1.165) is 9.26 Å². The fraction of sp³-hybridized carbons (Fsp3) is 0.200. The quantitative estimate of drug-likeness (QED) is 0.718. The van der Waals surface area contributed by atoms with Gasteiger partial charge in [0.25, 0.3) is 0 Å². The maximum atomic E-state index is 12.5. The van der Waals surface area contributed by atoms with Crippen LogP contribution in [0.3, 0.4) is 0 Å². The fourth-order valence-corrected chi connectivity index (χ4v) is 2.46. The maximum Gasteiger partial charge on any atom is 0.387 e. The smallest absolute Gasteiger partial charge is 0.387 e. The van der Waals surface area contributed by atoms with Crippen LogP contribution >= 0.6 is 22.6 Å². The highest BCUT2D eigenvalue weighted by Gasteiger charge is 2.15. The van der Waals surface area contributed by atoms with Crippen molar-refractivity contribution in [1.82, 2.24) is 0 Å². The van der Waals surface area contributed by atoms with Gasteiger partial charge in [0.05, 0.1) is 7.11 Å². The molecule has 0 fully saturated rings. The predicted octanol–water partition coefficient (Wildman–Crippen LogP) is 4.51. The Labute approximate surface area is 135 Å². The molecular formula is C15H14F2INO2. The number of para-hydroxylation sites is 2. The maximum absolute atomic E-state index is 12.5. The molecule has 0 amide bonds. The highest BCUT2D eigenvalue weighted by atomic mass is 127. The van der Waals surface area contributed by atoms with Crippen molar-refractivity contribution in [2.24, 2.45) is 0 Å². The van der Waals surface area contributed by atoms with E-state index >= 15 is 0 Å². The zero-order valence-corrected chi connectivity index (χ0v) is 13.4. The minimum atomic E-state index is -2.89. The molecule has 1 N–H and O–H groups in total. The molecule has 0 bridgehead atoms. The summed E-state index contributed by atoms with van der Waals surface area (Å²) in [5.41, 5.74) is 1.54. The van der Waals surface area contributed by atoms with Gasteiger partial charge in [0.15, 0.2) is 11.5 Å². The van der Waals surface area contributed by atoms with Crippen LogP contribution in [0.4, 0.5) is 14.5 Å². The summed E-state index contributed by atoms with van der Waals surface area (Å²) in [6.07, 6.45) is 0. The van der Waals surface area contributed by atoms with Gasteiger partial charge in [-0.15, -0.1) is 0 Å². The molecule has 0 spiro atoms. The molecule has 0 heterocycles. The highest BCUT2D eigenvalue weighted by molar-refractivity contribution is 14.1. The van der Waals surface area contributed by atoms with E-state index in [1.54, 1.807) is 18.2 Å². The number of hydrogen-bond acceptors (Lipinski definition) is 3. The largest absolute Gasteiger partial charge is 0.493 e. The second-order valence-electron chi connectivity index (χ2n) is 4.16. The molecule has 6 heteroatoms. The molecule has 0 aliphatic heterocycles. The average molecular weight is 405 g/mol. The fourth-order valence-electron chi connectivity index (χ4n) is 1.88. The van der Waals surface area contributed by atoms with Gasteiger partial charge in [-0.25, -0.2) is 0 Å². The van der Waals surface area contributed by atoms with Crippen molar-refractivity contribution in [2.75, 3.05) is 12.4 Å². The molecule has 2 aromatic rings. The summed E-state index contributed by atoms with van der Waals surface area (Å²) in [4.78, 5) is 0. The summed E-state index contributed by atoms with van der Waals surface area (Å²) in [7, 11) is 1.42. The first kappa shape index (κ1) is 15.8. The molecule has 0 unspecified atom stereocenters. The Morgan fingerprint density at radius 2 is 1.90 bits per heavy atom. The minimum absolute atomic E-state index is 0.0634. The highest BCUT2D eigenvalue weighted by Crippen LogP contribution is 2.33. The molecule has 21 heavy (non-hydrogen) atoms. The molecule has 0 aromatic heterocycles. The van der Waals surface area contributed by atoms with E-state index in [-0.39, 0.29) is 11.5 Å². The number of halogens is 3. The van der Waals surface area contributed by atoms with Crippen LogP contribution < -0.4 is 14.8 Å². The van der Waals surface area contributed by atoms with E-state index in [0.29, 0.717) is 12.1 Å². The molecule has 112 valence electrons. The third-order valence-corrected chi connectivity index (χ3v) is 3.77. The molecular weight excluding hydrogens is 391 g/mol. The second-order valence-corrected chi connectivity index (χ2v) is 5.32. The van der Waals surface area contributed by atoms with Gasteiger partial charge < -0.3 is 14.8 Å². The van der Waals surface area contributed by atoms with Gasteiger partial charge in [-0.05, 0) is 40.8 Å². The van der Waals surface area contributed by atoms with Crippen LogP contribution in [0.15, 0.2) is 42.5 Å². The molecule has 0 radical (unpaired) electrons. The van der Waals surface area contributed by atoms with Crippen molar-refractivity contribution < 1.29 is 18.3 Å². The van der Waals surface area contributed by atoms with Gasteiger partial charge in [0.2, 0.25) is 0 Å². The number of rotatable bonds is 6. The molecule has 0 atom stereocenters. The van der Waals surface area contributed by atoms with Crippen molar-refractivity contribution in [3.8, 4) is 11.5 Å². The van der Waals surface area contributed by atoms with Crippen LogP contribution in [0, 0.1) is 3.57 Å². The molecule has 0 saturated carbocycles. The number of benzene rings is 2. The third-order valence-electron chi connectivity index (χ3n) is 2.83. The van der Waals surface area contributed by atoms with E-state index in [1.165, 1.54) is 7.11 Å². The first-order chi connectivity index (χ1) is 10.1. The molecule has 2 rings (SSSR count). The van der Waals surface area contributed by atoms with E-state index < -0.39 is 6.61 Å². The Morgan fingerprint density at radius 1 is 1.14 bits per heavy atom. The third kappa shape index (κ3) is 4.20. The summed E-state index contributed by atoms with van der Waals surface area (Å²) in [6.45, 7) is -2.53. The summed E-state index contributed by atoms with van der Waals surface area (Å²) in [5.74, 6) is 0.353. The number of methoxy groups -OCH3 is 1. The zero-order valence-electron chi connectivity index (χ0n) is 11.3. The van der Waals surface area contributed by atoms with E-state index in [4.69, 9.17) is 4.74 Å². The SMILES string of the molecule is COc1cccc(CNc2ccccc2I)c1OC(F)F. The van der Waals surface area contributed by atoms with Crippen molar-refractivity contribution in [3.63, 3.8) is 0 Å². The number of ether oxygens (including phenoxy) is 2. The van der Waals surface area contributed by atoms with Gasteiger partial charge in [0.1, 0.15) is 0 Å². The van der Waals surface area contributed by atoms with Gasteiger partial charge in [-0.3, -0.25) is 0 Å². The van der Waals surface area contributed by atoms with E-state index in [2.05, 4.69) is 32.6 Å². The van der Waals surface area contributed by atoms with Crippen LogP contribution in [0.5, 0.6) is 11.5 Å². The lowest BCUT2D eigenvalue weighted by atomic mass is 10.1. The Hall–Kier alpha value is -1.57. The Balaban J connectivity index is 2.21. The van der Waals surface area contributed by atoms with Crippen LogP contribution in [0.25, 0.3) is 0 Å². The normalized spacial score (nSPS) is 10.5. The Kier molecular flexibility index (Phi) is 5.60. The average Bonchev–Trinajstić information content (AvgIpc) is 2.47. The lowest BCUT2D eigenvalue weighted by molar-refractivity contribution is -0.0517. The summed E-state index contributed by atoms with van der Waals surface area (Å²) in [6, 6.07) is 12.8. The van der Waals surface area contributed by atoms with Gasteiger partial charge in [-0.2, -0.15) is 8.78 Å².